The number of halogens is 1. The highest BCUT2D eigenvalue weighted by atomic mass is 127. The largest absolute Gasteiger partial charge is 0.361 e. The van der Waals surface area contributed by atoms with E-state index in [4.69, 9.17) is 4.52 Å². The van der Waals surface area contributed by atoms with Crippen LogP contribution in [0.1, 0.15) is 43.7 Å². The molecule has 2 rings (SSSR count). The van der Waals surface area contributed by atoms with Crippen LogP contribution in [0.2, 0.25) is 0 Å². The molecule has 1 aromatic rings. The van der Waals surface area contributed by atoms with E-state index < -0.39 is 0 Å². The van der Waals surface area contributed by atoms with Crippen LogP contribution in [0.5, 0.6) is 0 Å². The van der Waals surface area contributed by atoms with Crippen LogP contribution >= 0.6 is 24.0 Å². The summed E-state index contributed by atoms with van der Waals surface area (Å²) in [5.74, 6) is 1.93. The summed E-state index contributed by atoms with van der Waals surface area (Å²) < 4.78 is 5.20. The van der Waals surface area contributed by atoms with Crippen LogP contribution in [-0.4, -0.2) is 42.7 Å². The van der Waals surface area contributed by atoms with E-state index in [2.05, 4.69) is 34.2 Å². The Morgan fingerprint density at radius 2 is 2.18 bits per heavy atom. The molecule has 1 aliphatic rings. The first kappa shape index (κ1) is 19.3. The summed E-state index contributed by atoms with van der Waals surface area (Å²) in [6.07, 6.45) is 3.38. The maximum absolute atomic E-state index is 5.20. The van der Waals surface area contributed by atoms with Gasteiger partial charge in [-0.25, -0.2) is 0 Å². The lowest BCUT2D eigenvalue weighted by Crippen LogP contribution is -2.41. The zero-order valence-corrected chi connectivity index (χ0v) is 16.7. The van der Waals surface area contributed by atoms with Gasteiger partial charge in [0.1, 0.15) is 5.76 Å². The van der Waals surface area contributed by atoms with E-state index >= 15 is 0 Å². The number of nitrogens with zero attached hydrogens (tertiary/aromatic N) is 3. The molecule has 1 N–H and O–H groups in total. The van der Waals surface area contributed by atoms with Gasteiger partial charge < -0.3 is 14.7 Å². The molecule has 5 nitrogen and oxygen atoms in total. The van der Waals surface area contributed by atoms with Gasteiger partial charge in [0.2, 0.25) is 0 Å². The molecule has 0 saturated carbocycles. The van der Waals surface area contributed by atoms with Gasteiger partial charge in [-0.1, -0.05) is 19.0 Å². The molecule has 0 amide bonds. The van der Waals surface area contributed by atoms with Crippen LogP contribution in [0.4, 0.5) is 0 Å². The summed E-state index contributed by atoms with van der Waals surface area (Å²) in [6, 6.07) is 0. The third-order valence-electron chi connectivity index (χ3n) is 4.76. The smallest absolute Gasteiger partial charge is 0.193 e. The second-order valence-electron chi connectivity index (χ2n) is 6.36. The third-order valence-corrected chi connectivity index (χ3v) is 4.76. The van der Waals surface area contributed by atoms with E-state index in [1.54, 1.807) is 0 Å². The van der Waals surface area contributed by atoms with Crippen molar-refractivity contribution in [2.24, 2.45) is 10.4 Å². The van der Waals surface area contributed by atoms with Gasteiger partial charge in [-0.2, -0.15) is 0 Å². The second-order valence-corrected chi connectivity index (χ2v) is 6.36. The first-order valence-corrected chi connectivity index (χ1v) is 7.86. The molecule has 0 spiro atoms. The van der Waals surface area contributed by atoms with Gasteiger partial charge in [0.05, 0.1) is 5.69 Å². The summed E-state index contributed by atoms with van der Waals surface area (Å²) in [5.41, 5.74) is 2.63. The van der Waals surface area contributed by atoms with E-state index in [0.717, 1.165) is 43.5 Å². The number of rotatable bonds is 4. The van der Waals surface area contributed by atoms with Crippen molar-refractivity contribution in [1.82, 2.24) is 15.4 Å². The monoisotopic (exact) mass is 420 g/mol. The molecule has 1 saturated heterocycles. The van der Waals surface area contributed by atoms with Crippen LogP contribution in [0.15, 0.2) is 9.52 Å². The van der Waals surface area contributed by atoms with Gasteiger partial charge in [0.15, 0.2) is 5.96 Å². The number of guanidine groups is 1. The number of aromatic nitrogens is 1. The van der Waals surface area contributed by atoms with Crippen LogP contribution in [-0.2, 0) is 6.42 Å². The quantitative estimate of drug-likeness (QED) is 0.462. The van der Waals surface area contributed by atoms with E-state index in [9.17, 15) is 0 Å². The molecule has 0 radical (unpaired) electrons. The fourth-order valence-corrected chi connectivity index (χ4v) is 2.98. The van der Waals surface area contributed by atoms with Gasteiger partial charge in [-0.15, -0.1) is 24.0 Å². The lowest BCUT2D eigenvalue weighted by molar-refractivity contribution is 0.322. The Bertz CT molecular complexity index is 495. The molecule has 0 aliphatic carbocycles. The Labute approximate surface area is 150 Å². The van der Waals surface area contributed by atoms with Crippen LogP contribution in [0.25, 0.3) is 0 Å². The van der Waals surface area contributed by atoms with Crippen molar-refractivity contribution in [2.75, 3.05) is 26.7 Å². The van der Waals surface area contributed by atoms with Gasteiger partial charge in [-0.05, 0) is 38.5 Å². The summed E-state index contributed by atoms with van der Waals surface area (Å²) in [4.78, 5) is 6.80. The number of aryl methyl sites for hydroxylation is 2. The maximum Gasteiger partial charge on any atom is 0.193 e. The number of hydrogen-bond donors (Lipinski definition) is 1. The van der Waals surface area contributed by atoms with Crippen molar-refractivity contribution in [3.63, 3.8) is 0 Å². The van der Waals surface area contributed by atoms with E-state index in [1.165, 1.54) is 18.4 Å². The summed E-state index contributed by atoms with van der Waals surface area (Å²) in [5, 5.41) is 7.47. The highest BCUT2D eigenvalue weighted by Gasteiger charge is 2.33. The second kappa shape index (κ2) is 8.17. The van der Waals surface area contributed by atoms with Crippen molar-refractivity contribution in [3.8, 4) is 0 Å². The predicted molar refractivity (Wildman–Crippen MR) is 101 cm³/mol. The number of nitrogens with one attached hydrogen (secondary N) is 1. The Balaban J connectivity index is 0.00000242. The molecular weight excluding hydrogens is 391 g/mol. The zero-order chi connectivity index (χ0) is 15.5. The van der Waals surface area contributed by atoms with Gasteiger partial charge in [-0.3, -0.25) is 4.99 Å². The van der Waals surface area contributed by atoms with Crippen molar-refractivity contribution >= 4 is 29.9 Å². The van der Waals surface area contributed by atoms with Crippen molar-refractivity contribution < 1.29 is 4.52 Å². The fraction of sp³-hybridized carbons (Fsp3) is 0.750. The standard InChI is InChI=1S/C16H28N4O.HI/c1-6-16(4)8-10-20(11-16)15(17-5)18-9-7-14-12(2)19-21-13(14)3;/h6-11H2,1-5H3,(H,17,18);1H. The molecule has 1 aromatic heterocycles. The minimum Gasteiger partial charge on any atom is -0.361 e. The molecule has 2 heterocycles. The summed E-state index contributed by atoms with van der Waals surface area (Å²) in [6.45, 7) is 11.6. The molecule has 1 unspecified atom stereocenters. The van der Waals surface area contributed by atoms with E-state index in [0.29, 0.717) is 5.41 Å². The molecule has 6 heteroatoms. The topological polar surface area (TPSA) is 53.7 Å². The maximum atomic E-state index is 5.20. The normalized spacial score (nSPS) is 21.9. The highest BCUT2D eigenvalue weighted by Crippen LogP contribution is 2.32. The molecule has 1 aliphatic heterocycles. The fourth-order valence-electron chi connectivity index (χ4n) is 2.98. The van der Waals surface area contributed by atoms with Crippen molar-refractivity contribution in [1.29, 1.82) is 0 Å². The minimum absolute atomic E-state index is 0. The highest BCUT2D eigenvalue weighted by molar-refractivity contribution is 14.0. The Hall–Kier alpha value is -0.790. The molecule has 1 fully saturated rings. The summed E-state index contributed by atoms with van der Waals surface area (Å²) in [7, 11) is 1.86. The molecule has 0 bridgehead atoms. The molecular formula is C16H29IN4O. The Morgan fingerprint density at radius 1 is 1.45 bits per heavy atom. The molecule has 22 heavy (non-hydrogen) atoms. The number of aliphatic imine (C=N–C) groups is 1. The van der Waals surface area contributed by atoms with E-state index in [1.807, 2.05) is 20.9 Å². The van der Waals surface area contributed by atoms with Gasteiger partial charge in [0, 0.05) is 32.2 Å². The van der Waals surface area contributed by atoms with Gasteiger partial charge >= 0.3 is 0 Å². The van der Waals surface area contributed by atoms with Crippen LogP contribution in [0.3, 0.4) is 0 Å². The number of likely N-dealkylation sites (tertiary alicyclic amines) is 1. The predicted octanol–water partition coefficient (Wildman–Crippen LogP) is 3.15. The minimum atomic E-state index is 0. The molecule has 1 atom stereocenters. The summed E-state index contributed by atoms with van der Waals surface area (Å²) >= 11 is 0. The average molecular weight is 420 g/mol. The zero-order valence-electron chi connectivity index (χ0n) is 14.4. The molecule has 126 valence electrons. The van der Waals surface area contributed by atoms with Crippen molar-refractivity contribution in [3.05, 3.63) is 17.0 Å². The Morgan fingerprint density at radius 3 is 2.68 bits per heavy atom. The van der Waals surface area contributed by atoms with Crippen LogP contribution < -0.4 is 5.32 Å². The van der Waals surface area contributed by atoms with Gasteiger partial charge in [0.25, 0.3) is 0 Å². The molecule has 0 aromatic carbocycles. The van der Waals surface area contributed by atoms with E-state index in [-0.39, 0.29) is 24.0 Å². The number of hydrogen-bond acceptors (Lipinski definition) is 3. The average Bonchev–Trinajstić information content (AvgIpc) is 3.01. The van der Waals surface area contributed by atoms with Crippen molar-refractivity contribution in [2.45, 2.75) is 47.0 Å². The third kappa shape index (κ3) is 4.36. The lowest BCUT2D eigenvalue weighted by Gasteiger charge is -2.25. The first-order valence-electron chi connectivity index (χ1n) is 7.86. The Kier molecular flexibility index (Phi) is 7.15. The SMILES string of the molecule is CCC1(C)CCN(C(=NC)NCCc2c(C)noc2C)C1.I. The first-order chi connectivity index (χ1) is 9.99. The lowest BCUT2D eigenvalue weighted by atomic mass is 9.87. The van der Waals surface area contributed by atoms with Crippen LogP contribution in [0, 0.1) is 19.3 Å².